The van der Waals surface area contributed by atoms with E-state index in [0.29, 0.717) is 36.9 Å². The Morgan fingerprint density at radius 1 is 0.800 bits per heavy atom. The molecule has 0 N–H and O–H groups in total. The van der Waals surface area contributed by atoms with Crippen LogP contribution in [0, 0.1) is 11.3 Å². The van der Waals surface area contributed by atoms with Gasteiger partial charge < -0.3 is 0 Å². The summed E-state index contributed by atoms with van der Waals surface area (Å²) in [6.07, 6.45) is 1.89. The van der Waals surface area contributed by atoms with Gasteiger partial charge in [0.2, 0.25) is 0 Å². The van der Waals surface area contributed by atoms with Crippen LogP contribution in [0.15, 0.2) is 48.7 Å². The fraction of sp³-hybridized carbons (Fsp3) is 0.0526. The first-order valence-corrected chi connectivity index (χ1v) is 8.77. The first kappa shape index (κ1) is 18.0. The number of hydrogen-bond donors (Lipinski definition) is 0. The molecule has 0 bridgehead atoms. The van der Waals surface area contributed by atoms with Crippen molar-refractivity contribution >= 4 is 46.4 Å². The average Bonchev–Trinajstić information content (AvgIpc) is 2.59. The highest BCUT2D eigenvalue weighted by atomic mass is 35.5. The lowest BCUT2D eigenvalue weighted by atomic mass is 9.97. The molecule has 1 heterocycles. The lowest BCUT2D eigenvalue weighted by Gasteiger charge is -2.14. The molecule has 0 atom stereocenters. The van der Waals surface area contributed by atoms with E-state index in [1.165, 1.54) is 0 Å². The van der Waals surface area contributed by atoms with Crippen molar-refractivity contribution in [1.82, 2.24) is 4.98 Å². The molecule has 6 heteroatoms. The number of nitrogens with zero attached hydrogens (tertiary/aromatic N) is 2. The molecule has 0 radical (unpaired) electrons. The molecule has 2 aromatic carbocycles. The number of pyridine rings is 1. The molecule has 1 aromatic heterocycles. The minimum absolute atomic E-state index is 0.238. The van der Waals surface area contributed by atoms with Crippen LogP contribution in [-0.4, -0.2) is 4.98 Å². The summed E-state index contributed by atoms with van der Waals surface area (Å²) >= 11 is 25.0. The second kappa shape index (κ2) is 7.64. The third kappa shape index (κ3) is 3.92. The minimum atomic E-state index is 0.238. The lowest BCUT2D eigenvalue weighted by Crippen LogP contribution is -1.94. The molecule has 0 aliphatic rings. The van der Waals surface area contributed by atoms with Crippen molar-refractivity contribution in [2.24, 2.45) is 0 Å². The monoisotopic (exact) mass is 406 g/mol. The molecule has 0 saturated carbocycles. The van der Waals surface area contributed by atoms with Gasteiger partial charge in [0, 0.05) is 38.0 Å². The fourth-order valence-corrected chi connectivity index (χ4v) is 3.27. The van der Waals surface area contributed by atoms with Crippen molar-refractivity contribution < 1.29 is 0 Å². The van der Waals surface area contributed by atoms with Gasteiger partial charge in [-0.25, -0.2) is 0 Å². The number of benzene rings is 2. The molecule has 0 unspecified atom stereocenters. The van der Waals surface area contributed by atoms with Crippen LogP contribution >= 0.6 is 46.4 Å². The summed E-state index contributed by atoms with van der Waals surface area (Å²) in [5, 5.41) is 11.1. The zero-order chi connectivity index (χ0) is 18.0. The SMILES string of the molecule is N#CCc1cnc(-c2cc(Cl)ccc2Cl)c(-c2cc(Cl)ccc2Cl)c1. The summed E-state index contributed by atoms with van der Waals surface area (Å²) < 4.78 is 0. The summed E-state index contributed by atoms with van der Waals surface area (Å²) in [5.41, 5.74) is 3.54. The first-order chi connectivity index (χ1) is 12.0. The quantitative estimate of drug-likeness (QED) is 0.464. The second-order valence-electron chi connectivity index (χ2n) is 5.32. The van der Waals surface area contributed by atoms with Crippen molar-refractivity contribution in [2.45, 2.75) is 6.42 Å². The Balaban J connectivity index is 2.31. The summed E-state index contributed by atoms with van der Waals surface area (Å²) in [7, 11) is 0. The van der Waals surface area contributed by atoms with Gasteiger partial charge in [-0.15, -0.1) is 0 Å². The summed E-state index contributed by atoms with van der Waals surface area (Å²) in [5.74, 6) is 0. The number of rotatable bonds is 3. The van der Waals surface area contributed by atoms with Crippen LogP contribution in [-0.2, 0) is 6.42 Å². The smallest absolute Gasteiger partial charge is 0.0796 e. The Hall–Kier alpha value is -1.76. The van der Waals surface area contributed by atoms with Gasteiger partial charge in [0.15, 0.2) is 0 Å². The summed E-state index contributed by atoms with van der Waals surface area (Å²) in [4.78, 5) is 4.52. The van der Waals surface area contributed by atoms with Gasteiger partial charge in [-0.2, -0.15) is 5.26 Å². The van der Waals surface area contributed by atoms with Crippen LogP contribution in [0.2, 0.25) is 20.1 Å². The Labute approximate surface area is 165 Å². The van der Waals surface area contributed by atoms with Crippen LogP contribution in [0.5, 0.6) is 0 Å². The van der Waals surface area contributed by atoms with Gasteiger partial charge in [0.1, 0.15) is 0 Å². The van der Waals surface area contributed by atoms with Gasteiger partial charge in [0.05, 0.1) is 23.2 Å². The van der Waals surface area contributed by atoms with E-state index in [9.17, 15) is 0 Å². The van der Waals surface area contributed by atoms with Crippen molar-refractivity contribution in [3.8, 4) is 28.5 Å². The number of nitriles is 1. The van der Waals surface area contributed by atoms with E-state index >= 15 is 0 Å². The number of halogens is 4. The van der Waals surface area contributed by atoms with E-state index < -0.39 is 0 Å². The van der Waals surface area contributed by atoms with Crippen LogP contribution in [0.4, 0.5) is 0 Å². The van der Waals surface area contributed by atoms with Crippen molar-refractivity contribution in [1.29, 1.82) is 5.26 Å². The van der Waals surface area contributed by atoms with Crippen LogP contribution in [0.3, 0.4) is 0 Å². The number of hydrogen-bond acceptors (Lipinski definition) is 2. The highest BCUT2D eigenvalue weighted by Crippen LogP contribution is 2.39. The van der Waals surface area contributed by atoms with Crippen molar-refractivity contribution in [3.05, 3.63) is 74.3 Å². The Morgan fingerprint density at radius 2 is 1.40 bits per heavy atom. The largest absolute Gasteiger partial charge is 0.255 e. The molecular formula is C19H10Cl4N2. The first-order valence-electron chi connectivity index (χ1n) is 7.26. The van der Waals surface area contributed by atoms with E-state index in [0.717, 1.165) is 11.1 Å². The average molecular weight is 408 g/mol. The van der Waals surface area contributed by atoms with E-state index in [1.807, 2.05) is 6.07 Å². The van der Waals surface area contributed by atoms with E-state index in [4.69, 9.17) is 51.7 Å². The van der Waals surface area contributed by atoms with Crippen LogP contribution in [0.1, 0.15) is 5.56 Å². The molecule has 0 fully saturated rings. The lowest BCUT2D eigenvalue weighted by molar-refractivity contribution is 1.19. The molecule has 2 nitrogen and oxygen atoms in total. The molecular weight excluding hydrogens is 398 g/mol. The van der Waals surface area contributed by atoms with Gasteiger partial charge >= 0.3 is 0 Å². The maximum atomic E-state index is 8.98. The minimum Gasteiger partial charge on any atom is -0.255 e. The molecule has 0 amide bonds. The van der Waals surface area contributed by atoms with Gasteiger partial charge in [-0.05, 0) is 48.0 Å². The molecule has 25 heavy (non-hydrogen) atoms. The molecule has 0 spiro atoms. The second-order valence-corrected chi connectivity index (χ2v) is 7.01. The predicted molar refractivity (Wildman–Crippen MR) is 104 cm³/mol. The highest BCUT2D eigenvalue weighted by molar-refractivity contribution is 6.36. The maximum absolute atomic E-state index is 8.98. The van der Waals surface area contributed by atoms with Crippen molar-refractivity contribution in [2.75, 3.05) is 0 Å². The highest BCUT2D eigenvalue weighted by Gasteiger charge is 2.16. The van der Waals surface area contributed by atoms with E-state index in [1.54, 1.807) is 42.6 Å². The Bertz CT molecular complexity index is 993. The molecule has 0 aliphatic carbocycles. The predicted octanol–water partition coefficient (Wildman–Crippen LogP) is 7.10. The number of aromatic nitrogens is 1. The maximum Gasteiger partial charge on any atom is 0.0796 e. The molecule has 124 valence electrons. The summed E-state index contributed by atoms with van der Waals surface area (Å²) in [6.45, 7) is 0. The molecule has 0 aliphatic heterocycles. The standard InChI is InChI=1S/C19H10Cl4N2/c20-12-1-3-17(22)14(8-12)15-7-11(5-6-24)10-25-19(15)16-9-13(21)2-4-18(16)23/h1-4,7-10H,5H2. The Morgan fingerprint density at radius 3 is 2.04 bits per heavy atom. The molecule has 3 aromatic rings. The van der Waals surface area contributed by atoms with Crippen LogP contribution in [0.25, 0.3) is 22.4 Å². The molecule has 3 rings (SSSR count). The third-order valence-electron chi connectivity index (χ3n) is 3.63. The topological polar surface area (TPSA) is 36.7 Å². The van der Waals surface area contributed by atoms with E-state index in [2.05, 4.69) is 11.1 Å². The van der Waals surface area contributed by atoms with Crippen molar-refractivity contribution in [3.63, 3.8) is 0 Å². The normalized spacial score (nSPS) is 10.5. The zero-order valence-electron chi connectivity index (χ0n) is 12.7. The zero-order valence-corrected chi connectivity index (χ0v) is 15.8. The summed E-state index contributed by atoms with van der Waals surface area (Å²) in [6, 6.07) is 14.4. The fourth-order valence-electron chi connectivity index (χ4n) is 2.50. The van der Waals surface area contributed by atoms with E-state index in [-0.39, 0.29) is 6.42 Å². The Kier molecular flexibility index (Phi) is 5.51. The van der Waals surface area contributed by atoms with Crippen LogP contribution < -0.4 is 0 Å². The third-order valence-corrected chi connectivity index (χ3v) is 4.76. The van der Waals surface area contributed by atoms with Gasteiger partial charge in [-0.3, -0.25) is 4.98 Å². The van der Waals surface area contributed by atoms with Gasteiger partial charge in [0.25, 0.3) is 0 Å². The van der Waals surface area contributed by atoms with Gasteiger partial charge in [-0.1, -0.05) is 46.4 Å². The molecule has 0 saturated heterocycles.